The second-order valence-electron chi connectivity index (χ2n) is 6.72. The van der Waals surface area contributed by atoms with Crippen LogP contribution in [-0.2, 0) is 4.79 Å². The Hall–Kier alpha value is -3.02. The van der Waals surface area contributed by atoms with Crippen LogP contribution in [0.15, 0.2) is 30.3 Å². The van der Waals surface area contributed by atoms with Crippen LogP contribution < -0.4 is 18.9 Å². The quantitative estimate of drug-likeness (QED) is 0.491. The van der Waals surface area contributed by atoms with E-state index in [2.05, 4.69) is 0 Å². The first-order chi connectivity index (χ1) is 14.4. The SMILES string of the molecule is CCOc1cc(C(=O)c2ccc(OC)cc2OC)c(C(CC)C(C)=O)cc1OCC. The number of rotatable bonds is 11. The molecule has 30 heavy (non-hydrogen) atoms. The van der Waals surface area contributed by atoms with Crippen molar-refractivity contribution in [2.45, 2.75) is 40.0 Å². The van der Waals surface area contributed by atoms with E-state index in [1.807, 2.05) is 20.8 Å². The van der Waals surface area contributed by atoms with E-state index in [4.69, 9.17) is 18.9 Å². The summed E-state index contributed by atoms with van der Waals surface area (Å²) >= 11 is 0. The van der Waals surface area contributed by atoms with Crippen LogP contribution in [0, 0.1) is 0 Å². The van der Waals surface area contributed by atoms with E-state index in [0.717, 1.165) is 0 Å². The lowest BCUT2D eigenvalue weighted by Crippen LogP contribution is -2.15. The second kappa shape index (κ2) is 10.7. The first-order valence-electron chi connectivity index (χ1n) is 10.1. The number of hydrogen-bond donors (Lipinski definition) is 0. The minimum absolute atomic E-state index is 0.0140. The standard InChI is InChI=1S/C24H30O6/c1-7-17(15(4)25)19-13-22(29-8-2)23(30-9-3)14-20(19)24(26)18-11-10-16(27-5)12-21(18)28-6/h10-14,17H,7-9H2,1-6H3. The molecule has 1 atom stereocenters. The molecular weight excluding hydrogens is 384 g/mol. The van der Waals surface area contributed by atoms with Crippen LogP contribution in [0.1, 0.15) is 61.5 Å². The maximum atomic E-state index is 13.6. The number of carbonyl (C=O) groups is 2. The molecule has 0 aromatic heterocycles. The fourth-order valence-electron chi connectivity index (χ4n) is 3.45. The fraction of sp³-hybridized carbons (Fsp3) is 0.417. The topological polar surface area (TPSA) is 71.1 Å². The van der Waals surface area contributed by atoms with Crippen molar-refractivity contribution in [2.24, 2.45) is 0 Å². The molecule has 6 heteroatoms. The van der Waals surface area contributed by atoms with E-state index in [-0.39, 0.29) is 11.6 Å². The van der Waals surface area contributed by atoms with Gasteiger partial charge in [-0.2, -0.15) is 0 Å². The summed E-state index contributed by atoms with van der Waals surface area (Å²) in [6.07, 6.45) is 0.564. The Kier molecular flexibility index (Phi) is 8.27. The van der Waals surface area contributed by atoms with Gasteiger partial charge in [-0.1, -0.05) is 6.92 Å². The number of Topliss-reactive ketones (excluding diaryl/α,β-unsaturated/α-hetero) is 1. The average molecular weight is 414 g/mol. The van der Waals surface area contributed by atoms with Crippen molar-refractivity contribution in [3.8, 4) is 23.0 Å². The molecule has 2 rings (SSSR count). The van der Waals surface area contributed by atoms with Crippen molar-refractivity contribution >= 4 is 11.6 Å². The Balaban J connectivity index is 2.73. The zero-order valence-corrected chi connectivity index (χ0v) is 18.5. The molecular formula is C24H30O6. The van der Waals surface area contributed by atoms with Crippen LogP contribution in [0.2, 0.25) is 0 Å². The third-order valence-electron chi connectivity index (χ3n) is 4.89. The van der Waals surface area contributed by atoms with Crippen molar-refractivity contribution in [3.05, 3.63) is 47.0 Å². The molecule has 0 aliphatic rings. The molecule has 6 nitrogen and oxygen atoms in total. The van der Waals surface area contributed by atoms with Crippen molar-refractivity contribution in [2.75, 3.05) is 27.4 Å². The summed E-state index contributed by atoms with van der Waals surface area (Å²) in [5.41, 5.74) is 1.40. The molecule has 0 amide bonds. The van der Waals surface area contributed by atoms with E-state index < -0.39 is 5.92 Å². The first kappa shape index (κ1) is 23.3. The van der Waals surface area contributed by atoms with Gasteiger partial charge in [0.2, 0.25) is 0 Å². The van der Waals surface area contributed by atoms with Crippen LogP contribution in [0.4, 0.5) is 0 Å². The molecule has 0 saturated carbocycles. The molecule has 0 saturated heterocycles. The number of ether oxygens (including phenoxy) is 4. The minimum Gasteiger partial charge on any atom is -0.497 e. The lowest BCUT2D eigenvalue weighted by molar-refractivity contribution is -0.118. The molecule has 2 aromatic rings. The Morgan fingerprint density at radius 2 is 1.47 bits per heavy atom. The van der Waals surface area contributed by atoms with E-state index in [0.29, 0.717) is 59.3 Å². The maximum Gasteiger partial charge on any atom is 0.197 e. The van der Waals surface area contributed by atoms with E-state index in [9.17, 15) is 9.59 Å². The minimum atomic E-state index is -0.428. The van der Waals surface area contributed by atoms with E-state index in [1.54, 1.807) is 37.4 Å². The van der Waals surface area contributed by atoms with Gasteiger partial charge >= 0.3 is 0 Å². The Labute approximate surface area is 178 Å². The Bertz CT molecular complexity index is 903. The molecule has 0 radical (unpaired) electrons. The van der Waals surface area contributed by atoms with Gasteiger partial charge in [-0.3, -0.25) is 9.59 Å². The van der Waals surface area contributed by atoms with Gasteiger partial charge in [0.1, 0.15) is 17.3 Å². The van der Waals surface area contributed by atoms with Gasteiger partial charge in [0.05, 0.1) is 33.0 Å². The summed E-state index contributed by atoms with van der Waals surface area (Å²) in [5.74, 6) is 1.27. The molecule has 2 aromatic carbocycles. The van der Waals surface area contributed by atoms with E-state index >= 15 is 0 Å². The highest BCUT2D eigenvalue weighted by Gasteiger charge is 2.27. The van der Waals surface area contributed by atoms with Gasteiger partial charge in [0.25, 0.3) is 0 Å². The molecule has 1 unspecified atom stereocenters. The van der Waals surface area contributed by atoms with Gasteiger partial charge in [-0.15, -0.1) is 0 Å². The smallest absolute Gasteiger partial charge is 0.197 e. The predicted octanol–water partition coefficient (Wildman–Crippen LogP) is 4.81. The van der Waals surface area contributed by atoms with E-state index in [1.165, 1.54) is 14.0 Å². The fourth-order valence-corrected chi connectivity index (χ4v) is 3.45. The predicted molar refractivity (Wildman–Crippen MR) is 115 cm³/mol. The van der Waals surface area contributed by atoms with Gasteiger partial charge in [-0.25, -0.2) is 0 Å². The zero-order chi connectivity index (χ0) is 22.3. The van der Waals surface area contributed by atoms with Crippen molar-refractivity contribution in [3.63, 3.8) is 0 Å². The van der Waals surface area contributed by atoms with Gasteiger partial charge < -0.3 is 18.9 Å². The summed E-state index contributed by atoms with van der Waals surface area (Å²) in [5, 5.41) is 0. The number of methoxy groups -OCH3 is 2. The highest BCUT2D eigenvalue weighted by atomic mass is 16.5. The largest absolute Gasteiger partial charge is 0.497 e. The third kappa shape index (κ3) is 4.93. The van der Waals surface area contributed by atoms with Gasteiger partial charge in [0.15, 0.2) is 17.3 Å². The number of benzene rings is 2. The van der Waals surface area contributed by atoms with Crippen LogP contribution in [0.3, 0.4) is 0 Å². The van der Waals surface area contributed by atoms with Gasteiger partial charge in [0, 0.05) is 17.5 Å². The zero-order valence-electron chi connectivity index (χ0n) is 18.5. The maximum absolute atomic E-state index is 13.6. The highest BCUT2D eigenvalue weighted by Crippen LogP contribution is 2.38. The first-order valence-corrected chi connectivity index (χ1v) is 10.1. The van der Waals surface area contributed by atoms with Crippen molar-refractivity contribution in [1.29, 1.82) is 0 Å². The van der Waals surface area contributed by atoms with Crippen molar-refractivity contribution in [1.82, 2.24) is 0 Å². The Morgan fingerprint density at radius 1 is 0.833 bits per heavy atom. The van der Waals surface area contributed by atoms with Crippen molar-refractivity contribution < 1.29 is 28.5 Å². The van der Waals surface area contributed by atoms with Gasteiger partial charge in [-0.05, 0) is 57.0 Å². The molecule has 0 bridgehead atoms. The Morgan fingerprint density at radius 3 is 1.97 bits per heavy atom. The number of ketones is 2. The molecule has 0 aliphatic carbocycles. The molecule has 162 valence electrons. The second-order valence-corrected chi connectivity index (χ2v) is 6.72. The molecule has 0 N–H and O–H groups in total. The number of hydrogen-bond acceptors (Lipinski definition) is 6. The summed E-state index contributed by atoms with van der Waals surface area (Å²) in [6.45, 7) is 8.05. The third-order valence-corrected chi connectivity index (χ3v) is 4.89. The summed E-state index contributed by atoms with van der Waals surface area (Å²) in [6, 6.07) is 8.45. The summed E-state index contributed by atoms with van der Waals surface area (Å²) in [7, 11) is 3.05. The lowest BCUT2D eigenvalue weighted by Gasteiger charge is -2.21. The normalized spacial score (nSPS) is 11.5. The average Bonchev–Trinajstić information content (AvgIpc) is 2.74. The lowest BCUT2D eigenvalue weighted by atomic mass is 9.86. The van der Waals surface area contributed by atoms with Crippen LogP contribution in [0.25, 0.3) is 0 Å². The van der Waals surface area contributed by atoms with Crippen LogP contribution >= 0.6 is 0 Å². The molecule has 0 heterocycles. The summed E-state index contributed by atoms with van der Waals surface area (Å²) in [4.78, 5) is 25.9. The van der Waals surface area contributed by atoms with Crippen LogP contribution in [-0.4, -0.2) is 39.0 Å². The molecule has 0 aliphatic heterocycles. The number of carbonyl (C=O) groups excluding carboxylic acids is 2. The molecule has 0 spiro atoms. The monoisotopic (exact) mass is 414 g/mol. The van der Waals surface area contributed by atoms with Crippen LogP contribution in [0.5, 0.6) is 23.0 Å². The summed E-state index contributed by atoms with van der Waals surface area (Å²) < 4.78 is 22.1. The highest BCUT2D eigenvalue weighted by molar-refractivity contribution is 6.12. The molecule has 0 fully saturated rings.